The Morgan fingerprint density at radius 1 is 1.14 bits per heavy atom. The van der Waals surface area contributed by atoms with Crippen molar-refractivity contribution >= 4 is 10.0 Å². The lowest BCUT2D eigenvalue weighted by Gasteiger charge is -2.10. The molecule has 1 aromatic rings. The first-order valence-electron chi connectivity index (χ1n) is 7.20. The Kier molecular flexibility index (Phi) is 7.08. The number of hydrogen-bond donors (Lipinski definition) is 2. The van der Waals surface area contributed by atoms with Crippen molar-refractivity contribution in [2.45, 2.75) is 46.0 Å². The Labute approximate surface area is 128 Å². The van der Waals surface area contributed by atoms with Crippen LogP contribution in [0.1, 0.15) is 38.8 Å². The highest BCUT2D eigenvalue weighted by molar-refractivity contribution is 7.88. The predicted octanol–water partition coefficient (Wildman–Crippen LogP) is 2.57. The first kappa shape index (κ1) is 17.9. The summed E-state index contributed by atoms with van der Waals surface area (Å²) in [5.41, 5.74) is 3.24. The van der Waals surface area contributed by atoms with E-state index >= 15 is 0 Å². The Bertz CT molecular complexity index is 556. The molecule has 118 valence electrons. The summed E-state index contributed by atoms with van der Waals surface area (Å²) in [6.45, 7) is 9.40. The summed E-state index contributed by atoms with van der Waals surface area (Å²) < 4.78 is 26.3. The lowest BCUT2D eigenvalue weighted by atomic mass is 10.1. The van der Waals surface area contributed by atoms with Crippen molar-refractivity contribution in [2.75, 3.05) is 6.54 Å². The van der Waals surface area contributed by atoms with E-state index in [4.69, 9.17) is 0 Å². The van der Waals surface area contributed by atoms with E-state index in [0.29, 0.717) is 0 Å². The topological polar surface area (TPSA) is 58.2 Å². The highest BCUT2D eigenvalue weighted by atomic mass is 32.2. The van der Waals surface area contributed by atoms with Gasteiger partial charge in [-0.1, -0.05) is 35.9 Å². The van der Waals surface area contributed by atoms with Gasteiger partial charge < -0.3 is 5.32 Å². The van der Waals surface area contributed by atoms with E-state index in [9.17, 15) is 8.42 Å². The Hall–Kier alpha value is -1.17. The van der Waals surface area contributed by atoms with Crippen LogP contribution in [0.5, 0.6) is 0 Å². The van der Waals surface area contributed by atoms with Crippen LogP contribution in [-0.4, -0.2) is 21.0 Å². The van der Waals surface area contributed by atoms with Crippen LogP contribution in [0.15, 0.2) is 35.9 Å². The van der Waals surface area contributed by atoms with Gasteiger partial charge in [0.1, 0.15) is 0 Å². The molecule has 0 heterocycles. The van der Waals surface area contributed by atoms with E-state index in [1.807, 2.05) is 38.1 Å². The van der Waals surface area contributed by atoms with Crippen LogP contribution in [0.25, 0.3) is 0 Å². The molecule has 0 saturated carbocycles. The molecule has 0 saturated heterocycles. The summed E-state index contributed by atoms with van der Waals surface area (Å²) >= 11 is 0. The summed E-state index contributed by atoms with van der Waals surface area (Å²) in [4.78, 5) is 0. The minimum absolute atomic E-state index is 0.0245. The summed E-state index contributed by atoms with van der Waals surface area (Å²) in [6, 6.07) is 7.61. The third kappa shape index (κ3) is 7.99. The second-order valence-corrected chi connectivity index (χ2v) is 7.51. The van der Waals surface area contributed by atoms with Crippen LogP contribution in [0, 0.1) is 0 Å². The summed E-state index contributed by atoms with van der Waals surface area (Å²) in [6.07, 6.45) is 2.14. The fourth-order valence-corrected chi connectivity index (χ4v) is 3.30. The van der Waals surface area contributed by atoms with Crippen LogP contribution in [0.2, 0.25) is 0 Å². The van der Waals surface area contributed by atoms with Crippen molar-refractivity contribution in [1.29, 1.82) is 0 Å². The molecule has 0 aromatic heterocycles. The lowest BCUT2D eigenvalue weighted by molar-refractivity contribution is 0.569. The van der Waals surface area contributed by atoms with Crippen molar-refractivity contribution in [1.82, 2.24) is 10.0 Å². The normalized spacial score (nSPS) is 11.7. The number of nitrogens with one attached hydrogen (secondary N) is 2. The summed E-state index contributed by atoms with van der Waals surface area (Å²) in [5, 5.41) is 3.32. The number of sulfonamides is 1. The average molecular weight is 310 g/mol. The Balaban J connectivity index is 2.52. The van der Waals surface area contributed by atoms with Gasteiger partial charge in [-0.2, -0.15) is 0 Å². The van der Waals surface area contributed by atoms with Crippen LogP contribution < -0.4 is 10.0 Å². The smallest absolute Gasteiger partial charge is 0.216 e. The molecule has 0 bridgehead atoms. The molecule has 1 aromatic carbocycles. The van der Waals surface area contributed by atoms with E-state index in [1.165, 1.54) is 5.57 Å². The molecule has 0 unspecified atom stereocenters. The molecule has 0 amide bonds. The van der Waals surface area contributed by atoms with Gasteiger partial charge in [0, 0.05) is 19.1 Å². The third-order valence-electron chi connectivity index (χ3n) is 2.78. The number of benzene rings is 1. The van der Waals surface area contributed by atoms with Crippen molar-refractivity contribution < 1.29 is 8.42 Å². The zero-order valence-corrected chi connectivity index (χ0v) is 14.1. The van der Waals surface area contributed by atoms with Gasteiger partial charge >= 0.3 is 0 Å². The van der Waals surface area contributed by atoms with Crippen LogP contribution in [0.4, 0.5) is 0 Å². The van der Waals surface area contributed by atoms with Crippen molar-refractivity contribution in [3.63, 3.8) is 0 Å². The lowest BCUT2D eigenvalue weighted by Crippen LogP contribution is -2.31. The summed E-state index contributed by atoms with van der Waals surface area (Å²) in [5.74, 6) is 0.0245. The standard InChI is InChI=1S/C16H26N2O2S/c1-13(2)9-10-17-11-15-5-7-16(8-6-15)12-21(19,20)18-14(3)4/h5-9,14,17-18H,10-12H2,1-4H3. The van der Waals surface area contributed by atoms with E-state index in [1.54, 1.807) is 0 Å². The fraction of sp³-hybridized carbons (Fsp3) is 0.500. The van der Waals surface area contributed by atoms with Gasteiger partial charge in [0.05, 0.1) is 5.75 Å². The molecule has 21 heavy (non-hydrogen) atoms. The van der Waals surface area contributed by atoms with Crippen LogP contribution in [0.3, 0.4) is 0 Å². The predicted molar refractivity (Wildman–Crippen MR) is 88.5 cm³/mol. The molecule has 1 rings (SSSR count). The fourth-order valence-electron chi connectivity index (χ4n) is 1.87. The highest BCUT2D eigenvalue weighted by Gasteiger charge is 2.12. The van der Waals surface area contributed by atoms with Crippen molar-refractivity contribution in [3.05, 3.63) is 47.0 Å². The molecule has 0 radical (unpaired) electrons. The average Bonchev–Trinajstić information content (AvgIpc) is 2.34. The van der Waals surface area contributed by atoms with Gasteiger partial charge in [-0.15, -0.1) is 0 Å². The maximum absolute atomic E-state index is 11.8. The second kappa shape index (κ2) is 8.32. The molecule has 2 N–H and O–H groups in total. The second-order valence-electron chi connectivity index (χ2n) is 5.76. The van der Waals surface area contributed by atoms with Crippen LogP contribution in [-0.2, 0) is 22.3 Å². The van der Waals surface area contributed by atoms with Crippen molar-refractivity contribution in [2.24, 2.45) is 0 Å². The Morgan fingerprint density at radius 2 is 1.71 bits per heavy atom. The molecule has 0 fully saturated rings. The number of hydrogen-bond acceptors (Lipinski definition) is 3. The van der Waals surface area contributed by atoms with Gasteiger partial charge in [-0.05, 0) is 38.8 Å². The highest BCUT2D eigenvalue weighted by Crippen LogP contribution is 2.08. The molecule has 0 aliphatic heterocycles. The Morgan fingerprint density at radius 3 is 2.24 bits per heavy atom. The largest absolute Gasteiger partial charge is 0.309 e. The molecule has 0 aliphatic carbocycles. The number of rotatable bonds is 8. The van der Waals surface area contributed by atoms with Gasteiger partial charge in [0.2, 0.25) is 10.0 Å². The zero-order chi connectivity index (χ0) is 15.9. The number of allylic oxidation sites excluding steroid dienone is 1. The van der Waals surface area contributed by atoms with Gasteiger partial charge in [-0.3, -0.25) is 0 Å². The quantitative estimate of drug-likeness (QED) is 0.573. The molecule has 5 heteroatoms. The third-order valence-corrected chi connectivity index (χ3v) is 4.32. The van der Waals surface area contributed by atoms with E-state index in [-0.39, 0.29) is 11.8 Å². The van der Waals surface area contributed by atoms with E-state index in [0.717, 1.165) is 24.2 Å². The monoisotopic (exact) mass is 310 g/mol. The SMILES string of the molecule is CC(C)=CCNCc1ccc(CS(=O)(=O)NC(C)C)cc1. The maximum atomic E-state index is 11.8. The van der Waals surface area contributed by atoms with E-state index in [2.05, 4.69) is 30.0 Å². The molecular weight excluding hydrogens is 284 g/mol. The summed E-state index contributed by atoms with van der Waals surface area (Å²) in [7, 11) is -3.25. The molecule has 0 spiro atoms. The maximum Gasteiger partial charge on any atom is 0.216 e. The molecule has 4 nitrogen and oxygen atoms in total. The zero-order valence-electron chi connectivity index (χ0n) is 13.3. The molecule has 0 atom stereocenters. The molecule has 0 aliphatic rings. The van der Waals surface area contributed by atoms with Gasteiger partial charge in [0.15, 0.2) is 0 Å². The minimum Gasteiger partial charge on any atom is -0.309 e. The van der Waals surface area contributed by atoms with Crippen LogP contribution >= 0.6 is 0 Å². The van der Waals surface area contributed by atoms with E-state index < -0.39 is 10.0 Å². The molecular formula is C16H26N2O2S. The van der Waals surface area contributed by atoms with Crippen molar-refractivity contribution in [3.8, 4) is 0 Å². The van der Waals surface area contributed by atoms with Gasteiger partial charge in [-0.25, -0.2) is 13.1 Å². The first-order valence-corrected chi connectivity index (χ1v) is 8.85. The minimum atomic E-state index is -3.25. The first-order chi connectivity index (χ1) is 9.78. The van der Waals surface area contributed by atoms with Gasteiger partial charge in [0.25, 0.3) is 0 Å².